The highest BCUT2D eigenvalue weighted by Crippen LogP contribution is 2.29. The van der Waals surface area contributed by atoms with Crippen molar-refractivity contribution in [3.05, 3.63) is 53.6 Å². The smallest absolute Gasteiger partial charge is 0.407 e. The Morgan fingerprint density at radius 1 is 1.00 bits per heavy atom. The van der Waals surface area contributed by atoms with E-state index in [0.29, 0.717) is 56.7 Å². The first-order valence-electron chi connectivity index (χ1n) is 16.5. The number of sulfonamides is 2. The number of hydrogen-bond acceptors (Lipinski definition) is 8. The quantitative estimate of drug-likeness (QED) is 0.214. The summed E-state index contributed by atoms with van der Waals surface area (Å²) < 4.78 is 59.2. The number of nitrogens with one attached hydrogen (secondary N) is 3. The summed E-state index contributed by atoms with van der Waals surface area (Å²) in [4.78, 5) is 25.5. The van der Waals surface area contributed by atoms with Crippen LogP contribution in [0.4, 0.5) is 16.2 Å². The van der Waals surface area contributed by atoms with Crippen molar-refractivity contribution >= 4 is 43.4 Å². The molecule has 2 aromatic rings. The van der Waals surface area contributed by atoms with Gasteiger partial charge in [0, 0.05) is 38.9 Å². The molecule has 12 nitrogen and oxygen atoms in total. The number of carbonyl (C=O) groups excluding carboxylic acids is 2. The van der Waals surface area contributed by atoms with Crippen molar-refractivity contribution in [2.24, 2.45) is 11.8 Å². The first-order chi connectivity index (χ1) is 22.4. The van der Waals surface area contributed by atoms with Crippen LogP contribution in [0.3, 0.4) is 0 Å². The van der Waals surface area contributed by atoms with E-state index in [2.05, 4.69) is 29.8 Å². The number of hydrogen-bond donors (Lipinski definition) is 3. The molecule has 14 heteroatoms. The third-order valence-corrected chi connectivity index (χ3v) is 11.3. The predicted molar refractivity (Wildman–Crippen MR) is 190 cm³/mol. The standard InChI is InChI=1S/C34H53N5O7S2/c1-25(2)9-10-26-17-21-39(22-18-26)48(44,45)29-14-12-28(13-15-29)37-32(40)30-23-27(11-16-31(30)38(6)47(7,42)43)24-35-19-8-20-36-33(41)46-34(3,4)5/h11-16,23,25-26,35H,8-10,17-22,24H2,1-7H3,(H,36,41)(H,37,40). The molecule has 1 saturated heterocycles. The summed E-state index contributed by atoms with van der Waals surface area (Å²) in [5.41, 5.74) is 0.903. The van der Waals surface area contributed by atoms with Gasteiger partial charge in [0.15, 0.2) is 0 Å². The average molecular weight is 708 g/mol. The molecule has 268 valence electrons. The van der Waals surface area contributed by atoms with Crippen LogP contribution in [0.1, 0.15) is 82.6 Å². The van der Waals surface area contributed by atoms with Gasteiger partial charge in [-0.25, -0.2) is 21.6 Å². The number of rotatable bonds is 15. The minimum Gasteiger partial charge on any atom is -0.444 e. The summed E-state index contributed by atoms with van der Waals surface area (Å²) in [6.07, 6.45) is 5.19. The Balaban J connectivity index is 1.64. The molecule has 1 aliphatic heterocycles. The summed E-state index contributed by atoms with van der Waals surface area (Å²) in [5.74, 6) is 0.643. The highest BCUT2D eigenvalue weighted by atomic mass is 32.2. The van der Waals surface area contributed by atoms with Crippen molar-refractivity contribution in [1.82, 2.24) is 14.9 Å². The molecule has 0 saturated carbocycles. The Morgan fingerprint density at radius 3 is 2.23 bits per heavy atom. The fourth-order valence-corrected chi connectivity index (χ4v) is 7.33. The Labute approximate surface area is 287 Å². The van der Waals surface area contributed by atoms with Gasteiger partial charge in [0.2, 0.25) is 20.0 Å². The molecule has 0 bridgehead atoms. The van der Waals surface area contributed by atoms with E-state index in [9.17, 15) is 26.4 Å². The molecular formula is C34H53N5O7S2. The lowest BCUT2D eigenvalue weighted by atomic mass is 9.90. The van der Waals surface area contributed by atoms with Crippen LogP contribution < -0.4 is 20.3 Å². The van der Waals surface area contributed by atoms with Crippen LogP contribution in [0.5, 0.6) is 0 Å². The van der Waals surface area contributed by atoms with Gasteiger partial charge in [-0.1, -0.05) is 32.8 Å². The Kier molecular flexibility index (Phi) is 13.9. The maximum Gasteiger partial charge on any atom is 0.407 e. The van der Waals surface area contributed by atoms with Crippen molar-refractivity contribution in [3.63, 3.8) is 0 Å². The van der Waals surface area contributed by atoms with Gasteiger partial charge >= 0.3 is 6.09 Å². The molecule has 2 amide bonds. The largest absolute Gasteiger partial charge is 0.444 e. The SMILES string of the molecule is CC(C)CCC1CCN(S(=O)(=O)c2ccc(NC(=O)c3cc(CNCCCNC(=O)OC(C)(C)C)ccc3N(C)S(C)(=O)=O)cc2)CC1. The van der Waals surface area contributed by atoms with Crippen LogP contribution in [-0.2, 0) is 31.3 Å². The van der Waals surface area contributed by atoms with Gasteiger partial charge < -0.3 is 20.7 Å². The highest BCUT2D eigenvalue weighted by Gasteiger charge is 2.29. The number of ether oxygens (including phenoxy) is 1. The third-order valence-electron chi connectivity index (χ3n) is 8.15. The summed E-state index contributed by atoms with van der Waals surface area (Å²) in [5, 5.41) is 8.75. The van der Waals surface area contributed by atoms with E-state index in [-0.39, 0.29) is 16.1 Å². The van der Waals surface area contributed by atoms with Crippen molar-refractivity contribution in [3.8, 4) is 0 Å². The van der Waals surface area contributed by atoms with Gasteiger partial charge in [-0.15, -0.1) is 0 Å². The lowest BCUT2D eigenvalue weighted by Crippen LogP contribution is -2.38. The van der Waals surface area contributed by atoms with E-state index in [1.807, 2.05) is 0 Å². The number of benzene rings is 2. The molecule has 3 rings (SSSR count). The second-order valence-electron chi connectivity index (χ2n) is 13.8. The highest BCUT2D eigenvalue weighted by molar-refractivity contribution is 7.92. The van der Waals surface area contributed by atoms with Gasteiger partial charge in [0.05, 0.1) is 22.4 Å². The van der Waals surface area contributed by atoms with Crippen molar-refractivity contribution in [2.75, 3.05) is 49.1 Å². The Hall–Kier alpha value is -3.20. The molecule has 0 aromatic heterocycles. The van der Waals surface area contributed by atoms with Gasteiger partial charge in [0.25, 0.3) is 5.91 Å². The fourth-order valence-electron chi connectivity index (χ4n) is 5.34. The van der Waals surface area contributed by atoms with Crippen LogP contribution in [0, 0.1) is 11.8 Å². The molecule has 0 unspecified atom stereocenters. The third kappa shape index (κ3) is 12.0. The number of anilines is 2. The Morgan fingerprint density at radius 2 is 1.65 bits per heavy atom. The molecule has 0 atom stereocenters. The number of amides is 2. The molecule has 1 heterocycles. The van der Waals surface area contributed by atoms with Crippen LogP contribution in [-0.4, -0.2) is 78.2 Å². The average Bonchev–Trinajstić information content (AvgIpc) is 3.00. The van der Waals surface area contributed by atoms with E-state index >= 15 is 0 Å². The molecular weight excluding hydrogens is 655 g/mol. The van der Waals surface area contributed by atoms with Gasteiger partial charge in [-0.05, 0) is 100 Å². The maximum atomic E-state index is 13.5. The monoisotopic (exact) mass is 707 g/mol. The van der Waals surface area contributed by atoms with Crippen molar-refractivity contribution in [2.45, 2.75) is 83.8 Å². The second kappa shape index (κ2) is 17.0. The maximum absolute atomic E-state index is 13.5. The van der Waals surface area contributed by atoms with Crippen molar-refractivity contribution in [1.29, 1.82) is 0 Å². The first-order valence-corrected chi connectivity index (χ1v) is 19.8. The minimum atomic E-state index is -3.67. The van der Waals surface area contributed by atoms with Gasteiger partial charge in [-0.2, -0.15) is 4.31 Å². The van der Waals surface area contributed by atoms with Crippen molar-refractivity contribution < 1.29 is 31.2 Å². The van der Waals surface area contributed by atoms with E-state index in [0.717, 1.165) is 41.8 Å². The molecule has 3 N–H and O–H groups in total. The van der Waals surface area contributed by atoms with E-state index in [1.54, 1.807) is 39.0 Å². The summed E-state index contributed by atoms with van der Waals surface area (Å²) in [6.45, 7) is 12.2. The number of alkyl carbamates (subject to hydrolysis) is 1. The molecule has 1 fully saturated rings. The van der Waals surface area contributed by atoms with E-state index in [4.69, 9.17) is 4.74 Å². The second-order valence-corrected chi connectivity index (χ2v) is 17.8. The van der Waals surface area contributed by atoms with Gasteiger partial charge in [-0.3, -0.25) is 9.10 Å². The molecule has 2 aromatic carbocycles. The molecule has 0 radical (unpaired) electrons. The normalized spacial score (nSPS) is 14.9. The molecule has 1 aliphatic rings. The summed E-state index contributed by atoms with van der Waals surface area (Å²) >= 11 is 0. The van der Waals surface area contributed by atoms with E-state index < -0.39 is 37.6 Å². The summed E-state index contributed by atoms with van der Waals surface area (Å²) in [6, 6.07) is 11.0. The molecule has 48 heavy (non-hydrogen) atoms. The van der Waals surface area contributed by atoms with Crippen LogP contribution >= 0.6 is 0 Å². The summed E-state index contributed by atoms with van der Waals surface area (Å²) in [7, 11) is -5.95. The number of carbonyl (C=O) groups is 2. The van der Waals surface area contributed by atoms with Crippen LogP contribution in [0.2, 0.25) is 0 Å². The number of piperidine rings is 1. The Bertz CT molecular complexity index is 1600. The first kappa shape index (κ1) is 39.2. The topological polar surface area (TPSA) is 154 Å². The zero-order chi connectivity index (χ0) is 35.7. The lowest BCUT2D eigenvalue weighted by molar-refractivity contribution is 0.0527. The lowest BCUT2D eigenvalue weighted by Gasteiger charge is -2.31. The van der Waals surface area contributed by atoms with E-state index in [1.165, 1.54) is 35.6 Å². The van der Waals surface area contributed by atoms with Gasteiger partial charge in [0.1, 0.15) is 5.60 Å². The molecule has 0 aliphatic carbocycles. The number of nitrogens with zero attached hydrogens (tertiary/aromatic N) is 2. The zero-order valence-corrected chi connectivity index (χ0v) is 31.0. The fraction of sp³-hybridized carbons (Fsp3) is 0.588. The minimum absolute atomic E-state index is 0.144. The van der Waals surface area contributed by atoms with Crippen LogP contribution in [0.25, 0.3) is 0 Å². The van der Waals surface area contributed by atoms with Crippen LogP contribution in [0.15, 0.2) is 47.4 Å². The molecule has 0 spiro atoms. The predicted octanol–water partition coefficient (Wildman–Crippen LogP) is 5.18. The zero-order valence-electron chi connectivity index (χ0n) is 29.3.